The molecule has 0 aliphatic heterocycles. The third-order valence-electron chi connectivity index (χ3n) is 2.33. The van der Waals surface area contributed by atoms with Crippen molar-refractivity contribution < 1.29 is 4.74 Å². The molecule has 1 heterocycles. The number of rotatable bonds is 4. The quantitative estimate of drug-likeness (QED) is 0.801. The number of likely N-dealkylation sites (N-methyl/N-ethyl adjacent to an activating group) is 1. The summed E-state index contributed by atoms with van der Waals surface area (Å²) in [5.41, 5.74) is 7.93. The molecule has 0 saturated carbocycles. The van der Waals surface area contributed by atoms with E-state index in [1.165, 1.54) is 0 Å². The van der Waals surface area contributed by atoms with Gasteiger partial charge in [0.05, 0.1) is 17.2 Å². The Bertz CT molecular complexity index is 513. The van der Waals surface area contributed by atoms with E-state index in [0.29, 0.717) is 18.2 Å². The molecule has 1 aromatic heterocycles. The first-order valence-electron chi connectivity index (χ1n) is 5.45. The minimum Gasteiger partial charge on any atom is -0.475 e. The van der Waals surface area contributed by atoms with Gasteiger partial charge in [0, 0.05) is 12.2 Å². The van der Waals surface area contributed by atoms with Crippen molar-refractivity contribution >= 4 is 16.7 Å². The maximum Gasteiger partial charge on any atom is 0.232 e. The van der Waals surface area contributed by atoms with Crippen molar-refractivity contribution in [2.45, 2.75) is 0 Å². The van der Waals surface area contributed by atoms with E-state index in [2.05, 4.69) is 14.9 Å². The Kier molecular flexibility index (Phi) is 3.39. The fourth-order valence-corrected chi connectivity index (χ4v) is 1.41. The van der Waals surface area contributed by atoms with Crippen LogP contribution in [0.1, 0.15) is 0 Å². The zero-order valence-corrected chi connectivity index (χ0v) is 10.1. The molecule has 0 saturated heterocycles. The zero-order valence-electron chi connectivity index (χ0n) is 10.1. The first kappa shape index (κ1) is 11.6. The maximum absolute atomic E-state index is 5.67. The minimum atomic E-state index is 0.545. The van der Waals surface area contributed by atoms with Gasteiger partial charge in [-0.25, -0.2) is 9.97 Å². The number of nitrogens with zero attached hydrogens (tertiary/aromatic N) is 3. The Hall–Kier alpha value is -1.88. The van der Waals surface area contributed by atoms with Crippen LogP contribution in [0.15, 0.2) is 24.4 Å². The molecule has 0 fully saturated rings. The average molecular weight is 232 g/mol. The third-order valence-corrected chi connectivity index (χ3v) is 2.33. The molecule has 2 N–H and O–H groups in total. The molecule has 1 aromatic carbocycles. The molecule has 17 heavy (non-hydrogen) atoms. The second-order valence-corrected chi connectivity index (χ2v) is 4.11. The van der Waals surface area contributed by atoms with Crippen LogP contribution in [0, 0.1) is 0 Å². The summed E-state index contributed by atoms with van der Waals surface area (Å²) in [7, 11) is 4.00. The topological polar surface area (TPSA) is 64.3 Å². The molecule has 0 amide bonds. The summed E-state index contributed by atoms with van der Waals surface area (Å²) in [6.07, 6.45) is 1.62. The average Bonchev–Trinajstić information content (AvgIpc) is 2.29. The van der Waals surface area contributed by atoms with Gasteiger partial charge in [-0.2, -0.15) is 0 Å². The lowest BCUT2D eigenvalue weighted by molar-refractivity contribution is 0.254. The molecule has 0 atom stereocenters. The fourth-order valence-electron chi connectivity index (χ4n) is 1.41. The van der Waals surface area contributed by atoms with E-state index < -0.39 is 0 Å². The number of nitrogen functional groups attached to an aromatic ring is 1. The van der Waals surface area contributed by atoms with E-state index >= 15 is 0 Å². The first-order chi connectivity index (χ1) is 8.15. The minimum absolute atomic E-state index is 0.545. The van der Waals surface area contributed by atoms with Crippen LogP contribution in [-0.2, 0) is 0 Å². The number of fused-ring (bicyclic) bond motifs is 1. The Morgan fingerprint density at radius 1 is 1.29 bits per heavy atom. The van der Waals surface area contributed by atoms with E-state index in [-0.39, 0.29) is 0 Å². The number of nitrogens with two attached hydrogens (primary N) is 1. The number of anilines is 1. The smallest absolute Gasteiger partial charge is 0.232 e. The van der Waals surface area contributed by atoms with E-state index in [9.17, 15) is 0 Å². The first-order valence-corrected chi connectivity index (χ1v) is 5.45. The van der Waals surface area contributed by atoms with Gasteiger partial charge in [0.25, 0.3) is 0 Å². The van der Waals surface area contributed by atoms with Crippen LogP contribution >= 0.6 is 0 Å². The number of aromatic nitrogens is 2. The summed E-state index contributed by atoms with van der Waals surface area (Å²) in [6, 6.07) is 5.45. The lowest BCUT2D eigenvalue weighted by atomic mass is 10.3. The Morgan fingerprint density at radius 2 is 2.12 bits per heavy atom. The van der Waals surface area contributed by atoms with Gasteiger partial charge in [-0.1, -0.05) is 0 Å². The monoisotopic (exact) mass is 232 g/mol. The number of hydrogen-bond acceptors (Lipinski definition) is 5. The largest absolute Gasteiger partial charge is 0.475 e. The van der Waals surface area contributed by atoms with Gasteiger partial charge in [0.1, 0.15) is 6.61 Å². The molecule has 5 heteroatoms. The lowest BCUT2D eigenvalue weighted by Crippen LogP contribution is -2.19. The molecule has 2 rings (SSSR count). The molecule has 2 aromatic rings. The van der Waals surface area contributed by atoms with E-state index in [1.54, 1.807) is 18.3 Å². The highest BCUT2D eigenvalue weighted by Crippen LogP contribution is 2.16. The second kappa shape index (κ2) is 4.97. The summed E-state index contributed by atoms with van der Waals surface area (Å²) in [6.45, 7) is 1.45. The highest BCUT2D eigenvalue weighted by molar-refractivity contribution is 5.78. The van der Waals surface area contributed by atoms with Gasteiger partial charge in [-0.05, 0) is 32.3 Å². The normalized spacial score (nSPS) is 11.0. The molecule has 0 spiro atoms. The number of benzene rings is 1. The van der Waals surface area contributed by atoms with Crippen LogP contribution in [0.5, 0.6) is 5.88 Å². The highest BCUT2D eigenvalue weighted by atomic mass is 16.5. The maximum atomic E-state index is 5.67. The predicted molar refractivity (Wildman–Crippen MR) is 68.0 cm³/mol. The van der Waals surface area contributed by atoms with Crippen LogP contribution < -0.4 is 10.5 Å². The fraction of sp³-hybridized carbons (Fsp3) is 0.333. The lowest BCUT2D eigenvalue weighted by Gasteiger charge is -2.10. The van der Waals surface area contributed by atoms with E-state index in [4.69, 9.17) is 10.5 Å². The van der Waals surface area contributed by atoms with Gasteiger partial charge in [0.2, 0.25) is 5.88 Å². The van der Waals surface area contributed by atoms with Crippen molar-refractivity contribution in [3.63, 3.8) is 0 Å². The van der Waals surface area contributed by atoms with Gasteiger partial charge < -0.3 is 15.4 Å². The molecule has 0 aliphatic rings. The molecule has 5 nitrogen and oxygen atoms in total. The van der Waals surface area contributed by atoms with Crippen molar-refractivity contribution in [1.29, 1.82) is 0 Å². The van der Waals surface area contributed by atoms with Crippen LogP contribution in [0.4, 0.5) is 5.69 Å². The van der Waals surface area contributed by atoms with Gasteiger partial charge >= 0.3 is 0 Å². The summed E-state index contributed by atoms with van der Waals surface area (Å²) < 4.78 is 5.51. The molecule has 0 unspecified atom stereocenters. The van der Waals surface area contributed by atoms with Crippen molar-refractivity contribution in [3.05, 3.63) is 24.4 Å². The van der Waals surface area contributed by atoms with Crippen molar-refractivity contribution in [2.24, 2.45) is 0 Å². The molecule has 0 bridgehead atoms. The van der Waals surface area contributed by atoms with Crippen LogP contribution in [-0.4, -0.2) is 42.1 Å². The number of ether oxygens (including phenoxy) is 1. The molecule has 0 aliphatic carbocycles. The van der Waals surface area contributed by atoms with Crippen molar-refractivity contribution in [3.8, 4) is 5.88 Å². The molecular formula is C12H16N4O. The van der Waals surface area contributed by atoms with Crippen LogP contribution in [0.3, 0.4) is 0 Å². The Morgan fingerprint density at radius 3 is 2.88 bits per heavy atom. The summed E-state index contributed by atoms with van der Waals surface area (Å²) >= 11 is 0. The standard InChI is InChI=1S/C12H16N4O/c1-16(2)5-6-17-12-8-14-11-7-9(13)3-4-10(11)15-12/h3-4,7-8H,5-6,13H2,1-2H3. The van der Waals surface area contributed by atoms with E-state index in [1.807, 2.05) is 20.2 Å². The second-order valence-electron chi connectivity index (χ2n) is 4.11. The third kappa shape index (κ3) is 3.04. The van der Waals surface area contributed by atoms with E-state index in [0.717, 1.165) is 17.6 Å². The molecule has 90 valence electrons. The number of hydrogen-bond donors (Lipinski definition) is 1. The summed E-state index contributed by atoms with van der Waals surface area (Å²) in [5, 5.41) is 0. The Balaban J connectivity index is 2.12. The SMILES string of the molecule is CN(C)CCOc1cnc2cc(N)ccc2n1. The van der Waals surface area contributed by atoms with Crippen LogP contribution in [0.2, 0.25) is 0 Å². The highest BCUT2D eigenvalue weighted by Gasteiger charge is 2.01. The summed E-state index contributed by atoms with van der Waals surface area (Å²) in [5.74, 6) is 0.545. The predicted octanol–water partition coefficient (Wildman–Crippen LogP) is 1.15. The van der Waals surface area contributed by atoms with Gasteiger partial charge in [0.15, 0.2) is 0 Å². The summed E-state index contributed by atoms with van der Waals surface area (Å²) in [4.78, 5) is 10.7. The van der Waals surface area contributed by atoms with Crippen molar-refractivity contribution in [1.82, 2.24) is 14.9 Å². The molecular weight excluding hydrogens is 216 g/mol. The van der Waals surface area contributed by atoms with Gasteiger partial charge in [-0.15, -0.1) is 0 Å². The molecule has 0 radical (unpaired) electrons. The van der Waals surface area contributed by atoms with Crippen molar-refractivity contribution in [2.75, 3.05) is 33.0 Å². The van der Waals surface area contributed by atoms with Gasteiger partial charge in [-0.3, -0.25) is 0 Å². The van der Waals surface area contributed by atoms with Crippen LogP contribution in [0.25, 0.3) is 11.0 Å². The zero-order chi connectivity index (χ0) is 12.3. The Labute approximate surface area is 100 Å².